The Labute approximate surface area is 185 Å². The van der Waals surface area contributed by atoms with Crippen LogP contribution >= 0.6 is 0 Å². The molecule has 0 N–H and O–H groups in total. The molecule has 2 aromatic heterocycles. The molecule has 0 spiro atoms. The Kier molecular flexibility index (Phi) is 5.07. The molecule has 0 unspecified atom stereocenters. The third kappa shape index (κ3) is 3.28. The van der Waals surface area contributed by atoms with E-state index in [0.717, 1.165) is 27.6 Å². The van der Waals surface area contributed by atoms with Gasteiger partial charge >= 0.3 is 11.7 Å². The van der Waals surface area contributed by atoms with Crippen molar-refractivity contribution in [3.05, 3.63) is 113 Å². The zero-order valence-corrected chi connectivity index (χ0v) is 17.7. The van der Waals surface area contributed by atoms with E-state index in [2.05, 4.69) is 0 Å². The van der Waals surface area contributed by atoms with Crippen LogP contribution in [0.4, 0.5) is 0 Å². The van der Waals surface area contributed by atoms with Crippen LogP contribution < -0.4 is 5.69 Å². The highest BCUT2D eigenvalue weighted by Crippen LogP contribution is 2.32. The van der Waals surface area contributed by atoms with Crippen LogP contribution in [-0.2, 0) is 11.3 Å². The van der Waals surface area contributed by atoms with Crippen molar-refractivity contribution in [2.75, 3.05) is 6.61 Å². The summed E-state index contributed by atoms with van der Waals surface area (Å²) < 4.78 is 8.53. The minimum atomic E-state index is -0.511. The van der Waals surface area contributed by atoms with E-state index >= 15 is 0 Å². The van der Waals surface area contributed by atoms with Crippen LogP contribution in [0.3, 0.4) is 0 Å². The molecule has 5 aromatic rings. The van der Waals surface area contributed by atoms with Gasteiger partial charge in [-0.25, -0.2) is 9.59 Å². The average molecular weight is 422 g/mol. The number of benzene rings is 3. The van der Waals surface area contributed by atoms with Crippen molar-refractivity contribution in [2.24, 2.45) is 0 Å². The SMILES string of the molecule is CCOC(=O)c1cc(-c2ccccc2)c2c3ccccc3n(Cc3ccccc3)c(=O)n12. The van der Waals surface area contributed by atoms with Crippen molar-refractivity contribution in [3.8, 4) is 11.1 Å². The first-order chi connectivity index (χ1) is 15.7. The van der Waals surface area contributed by atoms with Gasteiger partial charge in [0, 0.05) is 10.9 Å². The number of nitrogens with zero attached hydrogens (tertiary/aromatic N) is 2. The summed E-state index contributed by atoms with van der Waals surface area (Å²) >= 11 is 0. The molecule has 32 heavy (non-hydrogen) atoms. The van der Waals surface area contributed by atoms with Crippen LogP contribution in [0.5, 0.6) is 0 Å². The largest absolute Gasteiger partial charge is 0.461 e. The van der Waals surface area contributed by atoms with E-state index in [9.17, 15) is 9.59 Å². The first kappa shape index (κ1) is 19.8. The summed E-state index contributed by atoms with van der Waals surface area (Å²) in [5.74, 6) is -0.511. The molecule has 5 rings (SSSR count). The summed E-state index contributed by atoms with van der Waals surface area (Å²) in [5.41, 5.74) is 4.27. The zero-order valence-electron chi connectivity index (χ0n) is 17.7. The summed E-state index contributed by atoms with van der Waals surface area (Å²) in [6, 6.07) is 29.2. The third-order valence-corrected chi connectivity index (χ3v) is 5.63. The maximum Gasteiger partial charge on any atom is 0.355 e. The fraction of sp³-hybridized carbons (Fsp3) is 0.111. The molecule has 3 aromatic carbocycles. The monoisotopic (exact) mass is 422 g/mol. The lowest BCUT2D eigenvalue weighted by Gasteiger charge is -2.14. The third-order valence-electron chi connectivity index (χ3n) is 5.63. The quantitative estimate of drug-likeness (QED) is 0.368. The van der Waals surface area contributed by atoms with Gasteiger partial charge in [0.05, 0.1) is 24.2 Å². The number of aromatic nitrogens is 2. The highest BCUT2D eigenvalue weighted by Gasteiger charge is 2.23. The Bertz CT molecular complexity index is 1480. The van der Waals surface area contributed by atoms with Crippen LogP contribution in [0.2, 0.25) is 0 Å². The second kappa shape index (κ2) is 8.19. The van der Waals surface area contributed by atoms with Gasteiger partial charge in [-0.05, 0) is 30.2 Å². The van der Waals surface area contributed by atoms with E-state index in [4.69, 9.17) is 4.74 Å². The smallest absolute Gasteiger partial charge is 0.355 e. The number of hydrogen-bond donors (Lipinski definition) is 0. The number of carbonyl (C=O) groups excluding carboxylic acids is 1. The summed E-state index contributed by atoms with van der Waals surface area (Å²) in [6.45, 7) is 2.39. The van der Waals surface area contributed by atoms with Gasteiger partial charge in [-0.2, -0.15) is 0 Å². The van der Waals surface area contributed by atoms with Crippen LogP contribution in [0.1, 0.15) is 23.0 Å². The van der Waals surface area contributed by atoms with Gasteiger partial charge in [-0.15, -0.1) is 0 Å². The van der Waals surface area contributed by atoms with Crippen molar-refractivity contribution in [1.82, 2.24) is 8.97 Å². The highest BCUT2D eigenvalue weighted by atomic mass is 16.5. The standard InChI is InChI=1S/C27H22N2O3/c1-2-32-26(30)24-17-22(20-13-7-4-8-14-20)25-21-15-9-10-16-23(21)28(27(31)29(24)25)18-19-11-5-3-6-12-19/h3-17H,2,18H2,1H3. The van der Waals surface area contributed by atoms with Crippen LogP contribution in [-0.4, -0.2) is 21.5 Å². The molecule has 0 bridgehead atoms. The summed E-state index contributed by atoms with van der Waals surface area (Å²) in [5, 5.41) is 0.900. The van der Waals surface area contributed by atoms with Crippen molar-refractivity contribution >= 4 is 22.4 Å². The van der Waals surface area contributed by atoms with E-state index < -0.39 is 5.97 Å². The van der Waals surface area contributed by atoms with Gasteiger partial charge in [-0.3, -0.25) is 8.97 Å². The first-order valence-corrected chi connectivity index (χ1v) is 10.6. The van der Waals surface area contributed by atoms with E-state index in [-0.39, 0.29) is 18.0 Å². The molecule has 0 saturated carbocycles. The van der Waals surface area contributed by atoms with E-state index in [0.29, 0.717) is 12.1 Å². The van der Waals surface area contributed by atoms with Gasteiger partial charge in [0.15, 0.2) is 0 Å². The van der Waals surface area contributed by atoms with Crippen molar-refractivity contribution in [1.29, 1.82) is 0 Å². The Balaban J connectivity index is 1.90. The summed E-state index contributed by atoms with van der Waals surface area (Å²) in [7, 11) is 0. The van der Waals surface area contributed by atoms with Gasteiger partial charge in [0.1, 0.15) is 5.69 Å². The van der Waals surface area contributed by atoms with E-state index in [1.54, 1.807) is 17.6 Å². The molecule has 0 radical (unpaired) electrons. The molecule has 5 nitrogen and oxygen atoms in total. The Hall–Kier alpha value is -4.12. The van der Waals surface area contributed by atoms with Crippen LogP contribution in [0, 0.1) is 0 Å². The summed E-state index contributed by atoms with van der Waals surface area (Å²) in [4.78, 5) is 26.7. The number of hydrogen-bond acceptors (Lipinski definition) is 3. The average Bonchev–Trinajstić information content (AvgIpc) is 3.24. The molecule has 0 atom stereocenters. The minimum absolute atomic E-state index is 0.235. The topological polar surface area (TPSA) is 52.7 Å². The molecule has 0 fully saturated rings. The lowest BCUT2D eigenvalue weighted by Crippen LogP contribution is -2.29. The second-order valence-electron chi connectivity index (χ2n) is 7.59. The van der Waals surface area contributed by atoms with Gasteiger partial charge in [0.2, 0.25) is 0 Å². The number of carbonyl (C=O) groups is 1. The Morgan fingerprint density at radius 3 is 2.25 bits per heavy atom. The molecule has 2 heterocycles. The lowest BCUT2D eigenvalue weighted by atomic mass is 10.0. The van der Waals surface area contributed by atoms with Gasteiger partial charge in [0.25, 0.3) is 0 Å². The number of para-hydroxylation sites is 1. The first-order valence-electron chi connectivity index (χ1n) is 10.6. The zero-order chi connectivity index (χ0) is 22.1. The number of fused-ring (bicyclic) bond motifs is 3. The normalized spacial score (nSPS) is 11.2. The molecule has 158 valence electrons. The lowest BCUT2D eigenvalue weighted by molar-refractivity contribution is 0.0518. The molecule has 5 heteroatoms. The van der Waals surface area contributed by atoms with E-state index in [1.807, 2.05) is 84.9 Å². The predicted molar refractivity (Wildman–Crippen MR) is 126 cm³/mol. The minimum Gasteiger partial charge on any atom is -0.461 e. The molecular weight excluding hydrogens is 400 g/mol. The van der Waals surface area contributed by atoms with Crippen molar-refractivity contribution < 1.29 is 9.53 Å². The van der Waals surface area contributed by atoms with Crippen molar-refractivity contribution in [2.45, 2.75) is 13.5 Å². The number of esters is 1. The molecule has 0 aliphatic heterocycles. The van der Waals surface area contributed by atoms with Crippen LogP contribution in [0.15, 0.2) is 95.8 Å². The van der Waals surface area contributed by atoms with E-state index in [1.165, 1.54) is 4.40 Å². The van der Waals surface area contributed by atoms with Crippen molar-refractivity contribution in [3.63, 3.8) is 0 Å². The predicted octanol–water partition coefficient (Wildman–Crippen LogP) is 5.15. The molecule has 0 saturated heterocycles. The summed E-state index contributed by atoms with van der Waals surface area (Å²) in [6.07, 6.45) is 0. The molecule has 0 amide bonds. The fourth-order valence-corrected chi connectivity index (χ4v) is 4.22. The Morgan fingerprint density at radius 2 is 1.53 bits per heavy atom. The van der Waals surface area contributed by atoms with Gasteiger partial charge in [-0.1, -0.05) is 78.9 Å². The number of rotatable bonds is 5. The molecular formula is C27H22N2O3. The maximum atomic E-state index is 13.8. The highest BCUT2D eigenvalue weighted by molar-refractivity contribution is 6.05. The maximum absolute atomic E-state index is 13.8. The number of ether oxygens (including phenoxy) is 1. The molecule has 0 aliphatic rings. The fourth-order valence-electron chi connectivity index (χ4n) is 4.22. The van der Waals surface area contributed by atoms with Crippen LogP contribution in [0.25, 0.3) is 27.5 Å². The molecule has 0 aliphatic carbocycles. The Morgan fingerprint density at radius 1 is 0.875 bits per heavy atom. The van der Waals surface area contributed by atoms with Gasteiger partial charge < -0.3 is 4.74 Å². The second-order valence-corrected chi connectivity index (χ2v) is 7.59.